The van der Waals surface area contributed by atoms with Crippen LogP contribution in [0.15, 0.2) is 102 Å². The molecule has 14 atom stereocenters. The number of allylic oxidation sites excluding steroid dienone is 7. The van der Waals surface area contributed by atoms with Crippen molar-refractivity contribution in [2.24, 2.45) is 106 Å². The van der Waals surface area contributed by atoms with Crippen LogP contribution in [0.2, 0.25) is 40.8 Å². The molecule has 0 amide bonds. The molecule has 0 spiro atoms. The summed E-state index contributed by atoms with van der Waals surface area (Å²) in [5.41, 5.74) is 19.9. The third-order valence-electron chi connectivity index (χ3n) is 31.7. The fourth-order valence-corrected chi connectivity index (χ4v) is 43.8. The zero-order chi connectivity index (χ0) is 76.1. The third-order valence-corrected chi connectivity index (χ3v) is 45.2. The molecule has 598 valence electrons. The van der Waals surface area contributed by atoms with Crippen molar-refractivity contribution >= 4 is 44.8 Å². The van der Waals surface area contributed by atoms with Crippen molar-refractivity contribution in [3.05, 3.63) is 145 Å². The van der Waals surface area contributed by atoms with E-state index in [0.717, 1.165) is 88.0 Å². The molecule has 0 bridgehead atoms. The Morgan fingerprint density at radius 2 is 0.953 bits per heavy atom. The number of fused-ring (bicyclic) bond motifs is 4. The second-order valence-corrected chi connectivity index (χ2v) is 55.6. The molecule has 0 heterocycles. The Hall–Kier alpha value is -1.48. The summed E-state index contributed by atoms with van der Waals surface area (Å²) >= 11 is -0.826. The number of hydrogen-bond acceptors (Lipinski definition) is 0. The maximum atomic E-state index is 4.93. The fraction of sp³-hybridized carbons (Fsp3) is 0.725. The average molecular weight is 1610 g/mol. The SMILES string of the molecule is CCCC[Si](CCCC)(C1C(C(C)C)=Cc2c(-c3ccc(C(C)(C)C)cc3)cccc21)C1C(C)=CC2C(c3ccc(C(C)(C)C)cc3)=CC=CC21.CCCC[Si](CCCC)(C1C(C)CC2C1CCC[C@H]2C1CCC(C(C)(C)C)CC1)C1C(C(C)C)CC2C1CCC[C@H]2C1CCC(C(C)(C)C)CC1.[CH3-].[CH3-].[Cl][Zr+2][Cl]. The number of hydrogen-bond donors (Lipinski definition) is 0. The Morgan fingerprint density at radius 3 is 1.39 bits per heavy atom. The zero-order valence-electron chi connectivity index (χ0n) is 73.8. The topological polar surface area (TPSA) is 0 Å². The Morgan fingerprint density at radius 1 is 0.514 bits per heavy atom. The minimum atomic E-state index is -2.06. The van der Waals surface area contributed by atoms with E-state index in [1.165, 1.54) is 115 Å². The minimum absolute atomic E-state index is 0. The van der Waals surface area contributed by atoms with E-state index >= 15 is 0 Å². The Balaban J connectivity index is 0.000000256. The quantitative estimate of drug-likeness (QED) is 0.0534. The van der Waals surface area contributed by atoms with Gasteiger partial charge in [0.25, 0.3) is 0 Å². The van der Waals surface area contributed by atoms with Gasteiger partial charge < -0.3 is 14.9 Å². The first-order valence-corrected chi connectivity index (χ1v) is 56.4. The van der Waals surface area contributed by atoms with Crippen molar-refractivity contribution in [3.63, 3.8) is 0 Å². The molecular weight excluding hydrogens is 1440 g/mol. The van der Waals surface area contributed by atoms with Crippen LogP contribution in [-0.2, 0) is 31.7 Å². The van der Waals surface area contributed by atoms with Gasteiger partial charge in [0.15, 0.2) is 0 Å². The summed E-state index contributed by atoms with van der Waals surface area (Å²) in [6, 6.07) is 32.6. The molecule has 12 rings (SSSR count). The first kappa shape index (κ1) is 91.0. The summed E-state index contributed by atoms with van der Waals surface area (Å²) in [4.78, 5) is 0. The van der Waals surface area contributed by atoms with E-state index in [9.17, 15) is 0 Å². The molecule has 0 N–H and O–H groups in total. The summed E-state index contributed by atoms with van der Waals surface area (Å²) < 4.78 is 0. The Kier molecular flexibility index (Phi) is 33.2. The molecule has 0 radical (unpaired) electrons. The molecule has 0 aromatic heterocycles. The predicted octanol–water partition coefficient (Wildman–Crippen LogP) is 33.4. The zero-order valence-corrected chi connectivity index (χ0v) is 79.8. The van der Waals surface area contributed by atoms with Gasteiger partial charge in [0.05, 0.1) is 16.1 Å². The third kappa shape index (κ3) is 20.0. The Bertz CT molecular complexity index is 3320. The second kappa shape index (κ2) is 39.0. The van der Waals surface area contributed by atoms with Gasteiger partial charge in [-0.05, 0) is 256 Å². The van der Waals surface area contributed by atoms with Crippen molar-refractivity contribution < 1.29 is 20.8 Å². The van der Waals surface area contributed by atoms with Gasteiger partial charge in [0, 0.05) is 11.5 Å². The molecular formula is C102H164Cl2Si2Zr. The fourth-order valence-electron chi connectivity index (χ4n) is 26.7. The standard InChI is InChI=1S/C50H92Si.C50H66Si.2CH3.2ClH.Zr/c2*1-12-14-30-51(31-15-13-2,47-35(5)32-45-40(18-16-20-42(45)47)36-22-26-38(27-23-36)49(6,7)8)48-43-21-17-19-41(46(43)33-44(48)34(3)4)37-24-28-39(29-25-37)50(9,10)11;;;;;/h34-48H,12-33H2,1-11H3;16-29,32-34,42,45,47-48H,12-15,30-31H2,1-11H3;2*1H3;2*1H;/q;;2*-1;;;+4/p-2/t35?,36?,37?,38?,39?,40-,41-,42?,43?,44?,45?,46?,47?,48?;;;;;;/m0....../s1. The summed E-state index contributed by atoms with van der Waals surface area (Å²) in [6.45, 7) is 54.8. The van der Waals surface area contributed by atoms with Crippen molar-refractivity contribution in [1.82, 2.24) is 0 Å². The summed E-state index contributed by atoms with van der Waals surface area (Å²) in [5, 5.41) is 0. The van der Waals surface area contributed by atoms with Crippen LogP contribution in [0.3, 0.4) is 0 Å². The van der Waals surface area contributed by atoms with Crippen LogP contribution >= 0.6 is 17.0 Å². The molecule has 107 heavy (non-hydrogen) atoms. The van der Waals surface area contributed by atoms with Gasteiger partial charge in [-0.1, -0.05) is 355 Å². The van der Waals surface area contributed by atoms with Crippen LogP contribution in [-0.4, -0.2) is 16.1 Å². The molecule has 0 saturated heterocycles. The monoisotopic (exact) mass is 1610 g/mol. The summed E-state index contributed by atoms with van der Waals surface area (Å²) in [5.74, 6) is 14.9. The molecule has 12 unspecified atom stereocenters. The summed E-state index contributed by atoms with van der Waals surface area (Å²) in [6.07, 6.45) is 49.2. The van der Waals surface area contributed by atoms with Crippen LogP contribution in [0.25, 0.3) is 22.8 Å². The molecule has 5 heteroatoms. The van der Waals surface area contributed by atoms with Crippen molar-refractivity contribution in [2.45, 2.75) is 364 Å². The second-order valence-electron chi connectivity index (χ2n) is 42.4. The van der Waals surface area contributed by atoms with Crippen LogP contribution in [0, 0.1) is 120 Å². The average Bonchev–Trinajstić information content (AvgIpc) is 1.57. The first-order valence-electron chi connectivity index (χ1n) is 44.9. The molecule has 9 aliphatic carbocycles. The maximum absolute atomic E-state index is 4.93. The van der Waals surface area contributed by atoms with Gasteiger partial charge in [-0.15, -0.1) is 0 Å². The number of benzene rings is 3. The van der Waals surface area contributed by atoms with E-state index in [0.29, 0.717) is 39.7 Å². The van der Waals surface area contributed by atoms with Crippen LogP contribution < -0.4 is 0 Å². The molecule has 6 fully saturated rings. The predicted molar refractivity (Wildman–Crippen MR) is 480 cm³/mol. The number of rotatable bonds is 22. The van der Waals surface area contributed by atoms with E-state index in [1.807, 2.05) is 0 Å². The van der Waals surface area contributed by atoms with E-state index in [4.69, 9.17) is 17.0 Å². The van der Waals surface area contributed by atoms with E-state index in [2.05, 4.69) is 249 Å². The summed E-state index contributed by atoms with van der Waals surface area (Å²) in [7, 11) is 6.20. The normalized spacial score (nSPS) is 30.8. The van der Waals surface area contributed by atoms with Crippen molar-refractivity contribution in [2.75, 3.05) is 0 Å². The Labute approximate surface area is 685 Å². The number of unbranched alkanes of at least 4 members (excludes halogenated alkanes) is 4. The molecule has 3 aromatic rings. The van der Waals surface area contributed by atoms with Crippen molar-refractivity contribution in [1.29, 1.82) is 0 Å². The van der Waals surface area contributed by atoms with Crippen LogP contribution in [0.4, 0.5) is 0 Å². The number of halogens is 2. The van der Waals surface area contributed by atoms with Gasteiger partial charge in [-0.2, -0.15) is 0 Å². The molecule has 0 nitrogen and oxygen atoms in total. The van der Waals surface area contributed by atoms with Gasteiger partial charge in [-0.25, -0.2) is 0 Å². The van der Waals surface area contributed by atoms with Crippen molar-refractivity contribution in [3.8, 4) is 11.1 Å². The van der Waals surface area contributed by atoms with Gasteiger partial charge in [0.2, 0.25) is 0 Å². The molecule has 3 aromatic carbocycles. The van der Waals surface area contributed by atoms with E-state index < -0.39 is 37.0 Å². The molecule has 9 aliphatic rings. The van der Waals surface area contributed by atoms with E-state index in [-0.39, 0.29) is 25.7 Å². The van der Waals surface area contributed by atoms with Gasteiger partial charge in [0.1, 0.15) is 0 Å². The van der Waals surface area contributed by atoms with Gasteiger partial charge >= 0.3 is 37.9 Å². The van der Waals surface area contributed by atoms with Crippen LogP contribution in [0.5, 0.6) is 0 Å². The first-order chi connectivity index (χ1) is 49.8. The molecule has 6 saturated carbocycles. The van der Waals surface area contributed by atoms with Gasteiger partial charge in [-0.3, -0.25) is 0 Å². The van der Waals surface area contributed by atoms with Crippen LogP contribution in [0.1, 0.15) is 340 Å². The molecule has 0 aliphatic heterocycles. The van der Waals surface area contributed by atoms with E-state index in [1.54, 1.807) is 119 Å².